The molecule has 0 aromatic heterocycles. The summed E-state index contributed by atoms with van der Waals surface area (Å²) in [5.74, 6) is 8.03. The zero-order valence-corrected chi connectivity index (χ0v) is 22.8. The van der Waals surface area contributed by atoms with Crippen LogP contribution >= 0.6 is 0 Å². The molecular weight excluding hydrogens is 464 g/mol. The molecule has 0 fully saturated rings. The van der Waals surface area contributed by atoms with E-state index in [2.05, 4.69) is 38.0 Å². The maximum atomic E-state index is 5.76. The van der Waals surface area contributed by atoms with Gasteiger partial charge >= 0.3 is 161 Å². The number of methoxy groups -OCH3 is 1. The molecule has 0 aliphatic rings. The van der Waals surface area contributed by atoms with Crippen molar-refractivity contribution >= 4 is 31.6 Å². The molecule has 0 bridgehead atoms. The average molecular weight is 510 g/mol. The fraction of sp³-hybridized carbons (Fsp3) is 1.00. The third kappa shape index (κ3) is 9.82. The molecule has 0 N–H and O–H groups in total. The zero-order valence-electron chi connectivity index (χ0n) is 17.9. The summed E-state index contributed by atoms with van der Waals surface area (Å²) < 4.78 is 16.9. The number of ether oxygens (including phenoxy) is 2. The Morgan fingerprint density at radius 1 is 0.833 bits per heavy atom. The normalized spacial score (nSPS) is 14.1. The molecule has 0 radical (unpaired) electrons. The van der Waals surface area contributed by atoms with Gasteiger partial charge in [-0.25, -0.2) is 0 Å². The summed E-state index contributed by atoms with van der Waals surface area (Å²) >= 11 is -3.85. The van der Waals surface area contributed by atoms with E-state index in [4.69, 9.17) is 9.47 Å². The van der Waals surface area contributed by atoms with Crippen molar-refractivity contribution < 1.29 is 9.47 Å². The van der Waals surface area contributed by atoms with Crippen molar-refractivity contribution in [2.24, 2.45) is 0 Å². The first-order chi connectivity index (χ1) is 11.4. The van der Waals surface area contributed by atoms with Gasteiger partial charge in [-0.2, -0.15) is 0 Å². The van der Waals surface area contributed by atoms with E-state index in [-0.39, 0.29) is 0 Å². The summed E-state index contributed by atoms with van der Waals surface area (Å²) in [4.78, 5) is 0. The van der Waals surface area contributed by atoms with Gasteiger partial charge in [0.2, 0.25) is 0 Å². The predicted octanol–water partition coefficient (Wildman–Crippen LogP) is 7.09. The zero-order chi connectivity index (χ0) is 18.5. The van der Waals surface area contributed by atoms with Crippen LogP contribution in [0.25, 0.3) is 0 Å². The standard InChI is InChI=1S/C8H19GeO2.3C4H9.Sn/c1-9(2,3)6-5-7-11-8-10-4;3*1-3-4-2;/h6H,5,7-8H2,1-4H3;3*1,3-4H2,2H3;. The topological polar surface area (TPSA) is 18.5 Å². The van der Waals surface area contributed by atoms with Crippen molar-refractivity contribution in [1.82, 2.24) is 0 Å². The predicted molar refractivity (Wildman–Crippen MR) is 114 cm³/mol. The van der Waals surface area contributed by atoms with Crippen LogP contribution in [0.4, 0.5) is 0 Å². The molecule has 4 heteroatoms. The van der Waals surface area contributed by atoms with Gasteiger partial charge < -0.3 is 0 Å². The molecule has 0 heterocycles. The summed E-state index contributed by atoms with van der Waals surface area (Å²) in [6.45, 7) is 8.53. The van der Waals surface area contributed by atoms with E-state index in [0.29, 0.717) is 6.79 Å². The van der Waals surface area contributed by atoms with Crippen molar-refractivity contribution in [2.45, 2.75) is 99.1 Å². The second-order valence-electron chi connectivity index (χ2n) is 8.70. The van der Waals surface area contributed by atoms with Gasteiger partial charge in [-0.1, -0.05) is 0 Å². The quantitative estimate of drug-likeness (QED) is 0.126. The van der Waals surface area contributed by atoms with Gasteiger partial charge in [-0.3, -0.25) is 0 Å². The van der Waals surface area contributed by atoms with Crippen molar-refractivity contribution in [3.8, 4) is 0 Å². The Hall–Kier alpha value is 1.26. The molecule has 146 valence electrons. The number of unbranched alkanes of at least 4 members (excludes halogenated alkanes) is 3. The van der Waals surface area contributed by atoms with E-state index in [1.807, 2.05) is 0 Å². The summed E-state index contributed by atoms with van der Waals surface area (Å²) in [7, 11) is 1.73. The van der Waals surface area contributed by atoms with Gasteiger partial charge in [0.05, 0.1) is 0 Å². The van der Waals surface area contributed by atoms with Gasteiger partial charge in [-0.05, 0) is 0 Å². The van der Waals surface area contributed by atoms with E-state index in [1.165, 1.54) is 44.9 Å². The molecule has 0 rings (SSSR count). The van der Waals surface area contributed by atoms with Gasteiger partial charge in [0.15, 0.2) is 0 Å². The van der Waals surface area contributed by atoms with Crippen LogP contribution in [0, 0.1) is 0 Å². The molecule has 0 aromatic rings. The van der Waals surface area contributed by atoms with E-state index in [0.717, 1.165) is 9.37 Å². The van der Waals surface area contributed by atoms with Crippen LogP contribution in [0.15, 0.2) is 0 Å². The van der Waals surface area contributed by atoms with Crippen LogP contribution < -0.4 is 0 Å². The summed E-state index contributed by atoms with van der Waals surface area (Å²) in [6.07, 6.45) is 9.91. The van der Waals surface area contributed by atoms with Crippen molar-refractivity contribution in [1.29, 1.82) is 0 Å². The third-order valence-corrected chi connectivity index (χ3v) is 48.7. The molecule has 0 amide bonds. The average Bonchev–Trinajstić information content (AvgIpc) is 2.54. The Kier molecular flexibility index (Phi) is 15.1. The monoisotopic (exact) mass is 512 g/mol. The maximum absolute atomic E-state index is 5.76. The summed E-state index contributed by atoms with van der Waals surface area (Å²) in [6, 6.07) is 0. The van der Waals surface area contributed by atoms with Crippen molar-refractivity contribution in [3.05, 3.63) is 0 Å². The van der Waals surface area contributed by atoms with Crippen LogP contribution in [0.3, 0.4) is 0 Å². The molecule has 2 nitrogen and oxygen atoms in total. The first kappa shape index (κ1) is 25.3. The Labute approximate surface area is 160 Å². The van der Waals surface area contributed by atoms with Crippen LogP contribution in [-0.2, 0) is 9.47 Å². The third-order valence-electron chi connectivity index (χ3n) is 5.62. The van der Waals surface area contributed by atoms with E-state index < -0.39 is 31.6 Å². The number of rotatable bonds is 16. The molecule has 0 saturated carbocycles. The minimum absolute atomic E-state index is 0.464. The Balaban J connectivity index is 5.37. The second kappa shape index (κ2) is 14.3. The molecule has 0 spiro atoms. The van der Waals surface area contributed by atoms with Crippen LogP contribution in [-0.4, -0.2) is 52.2 Å². The fourth-order valence-electron chi connectivity index (χ4n) is 4.49. The molecule has 0 saturated heterocycles. The first-order valence-corrected chi connectivity index (χ1v) is 25.6. The summed E-state index contributed by atoms with van der Waals surface area (Å²) in [5.41, 5.74) is 0. The SMILES string of the molecule is CCC[CH2][Sn]([CH2]CCC)([CH2]CCC)[CH](CCOCOC)[Ge]([CH3])([CH3])[CH3]. The first-order valence-electron chi connectivity index (χ1n) is 10.4. The number of hydrogen-bond donors (Lipinski definition) is 0. The van der Waals surface area contributed by atoms with Gasteiger partial charge in [-0.15, -0.1) is 0 Å². The van der Waals surface area contributed by atoms with Gasteiger partial charge in [0, 0.05) is 0 Å². The Bertz CT molecular complexity index is 270. The molecular formula is C20H46GeO2Sn. The van der Waals surface area contributed by atoms with E-state index in [9.17, 15) is 0 Å². The second-order valence-corrected chi connectivity index (χ2v) is 37.6. The van der Waals surface area contributed by atoms with Crippen molar-refractivity contribution in [3.63, 3.8) is 0 Å². The molecule has 0 aromatic carbocycles. The Morgan fingerprint density at radius 2 is 1.29 bits per heavy atom. The van der Waals surface area contributed by atoms with Crippen LogP contribution in [0.1, 0.15) is 65.7 Å². The molecule has 0 aliphatic heterocycles. The van der Waals surface area contributed by atoms with E-state index in [1.54, 1.807) is 20.4 Å². The van der Waals surface area contributed by atoms with Gasteiger partial charge in [0.25, 0.3) is 0 Å². The van der Waals surface area contributed by atoms with Crippen LogP contribution in [0.5, 0.6) is 0 Å². The molecule has 0 aliphatic carbocycles. The minimum atomic E-state index is -2.14. The fourth-order valence-corrected chi connectivity index (χ4v) is 60.0. The van der Waals surface area contributed by atoms with E-state index >= 15 is 0 Å². The molecule has 1 atom stereocenters. The summed E-state index contributed by atoms with van der Waals surface area (Å²) in [5, 5.41) is 0. The molecule has 1 unspecified atom stereocenters. The Morgan fingerprint density at radius 3 is 1.62 bits per heavy atom. The van der Waals surface area contributed by atoms with Gasteiger partial charge in [0.1, 0.15) is 0 Å². The number of hydrogen-bond acceptors (Lipinski definition) is 2. The van der Waals surface area contributed by atoms with Crippen LogP contribution in [0.2, 0.25) is 33.3 Å². The van der Waals surface area contributed by atoms with Crippen molar-refractivity contribution in [2.75, 3.05) is 20.5 Å². The molecule has 24 heavy (non-hydrogen) atoms.